The summed E-state index contributed by atoms with van der Waals surface area (Å²) in [5.41, 5.74) is 2.53. The van der Waals surface area contributed by atoms with E-state index in [1.165, 1.54) is 6.33 Å². The normalized spacial score (nSPS) is 18.1. The third-order valence-electron chi connectivity index (χ3n) is 4.04. The molecule has 0 bridgehead atoms. The van der Waals surface area contributed by atoms with Crippen LogP contribution in [0.2, 0.25) is 0 Å². The number of pyridine rings is 1. The number of carbonyl (C=O) groups is 1. The van der Waals surface area contributed by atoms with Crippen molar-refractivity contribution in [1.29, 1.82) is 0 Å². The Morgan fingerprint density at radius 2 is 2.32 bits per heavy atom. The van der Waals surface area contributed by atoms with Crippen molar-refractivity contribution in [3.05, 3.63) is 84.5 Å². The van der Waals surface area contributed by atoms with Crippen molar-refractivity contribution in [3.8, 4) is 0 Å². The smallest absolute Gasteiger partial charge is 0.275 e. The lowest BCUT2D eigenvalue weighted by Gasteiger charge is -2.25. The van der Waals surface area contributed by atoms with Gasteiger partial charge in [0.2, 0.25) is 0 Å². The van der Waals surface area contributed by atoms with Crippen LogP contribution in [0.3, 0.4) is 0 Å². The number of fused-ring (bicyclic) bond motifs is 1. The minimum atomic E-state index is -0.222. The van der Waals surface area contributed by atoms with E-state index < -0.39 is 0 Å². The molecular formula is C18H17N6O+. The molecule has 2 aliphatic heterocycles. The van der Waals surface area contributed by atoms with Crippen molar-refractivity contribution in [2.45, 2.75) is 12.6 Å². The van der Waals surface area contributed by atoms with Gasteiger partial charge < -0.3 is 15.5 Å². The summed E-state index contributed by atoms with van der Waals surface area (Å²) < 4.78 is 0. The molecule has 2 aromatic heterocycles. The van der Waals surface area contributed by atoms with E-state index in [9.17, 15) is 4.79 Å². The summed E-state index contributed by atoms with van der Waals surface area (Å²) in [5.74, 6) is 0.249. The van der Waals surface area contributed by atoms with E-state index in [0.29, 0.717) is 11.5 Å². The van der Waals surface area contributed by atoms with Crippen LogP contribution in [0.15, 0.2) is 78.9 Å². The first kappa shape index (κ1) is 15.1. The minimum absolute atomic E-state index is 0.0295. The van der Waals surface area contributed by atoms with Crippen LogP contribution in [0, 0.1) is 0 Å². The van der Waals surface area contributed by atoms with Crippen LogP contribution < -0.4 is 15.6 Å². The molecule has 0 aromatic carbocycles. The molecule has 0 radical (unpaired) electrons. The molecule has 0 spiro atoms. The molecule has 0 saturated heterocycles. The first-order valence-corrected chi connectivity index (χ1v) is 7.97. The highest BCUT2D eigenvalue weighted by Gasteiger charge is 2.33. The maximum absolute atomic E-state index is 12.7. The molecule has 0 fully saturated rings. The molecule has 3 N–H and O–H groups in total. The lowest BCUT2D eigenvalue weighted by molar-refractivity contribution is -0.378. The molecule has 2 aromatic rings. The Labute approximate surface area is 144 Å². The summed E-state index contributed by atoms with van der Waals surface area (Å²) in [6.07, 6.45) is 15.3. The molecular weight excluding hydrogens is 316 g/mol. The zero-order chi connectivity index (χ0) is 17.1. The summed E-state index contributed by atoms with van der Waals surface area (Å²) in [6, 6.07) is 5.68. The summed E-state index contributed by atoms with van der Waals surface area (Å²) >= 11 is 0. The molecule has 2 aliphatic rings. The summed E-state index contributed by atoms with van der Waals surface area (Å²) in [6.45, 7) is 0. The van der Waals surface area contributed by atoms with E-state index in [1.807, 2.05) is 42.9 Å². The van der Waals surface area contributed by atoms with Crippen molar-refractivity contribution in [1.82, 2.24) is 20.2 Å². The summed E-state index contributed by atoms with van der Waals surface area (Å²) in [5, 5.41) is 6.14. The van der Waals surface area contributed by atoms with E-state index in [4.69, 9.17) is 0 Å². The van der Waals surface area contributed by atoms with Gasteiger partial charge in [0.15, 0.2) is 12.4 Å². The van der Waals surface area contributed by atoms with E-state index in [0.717, 1.165) is 17.7 Å². The Kier molecular flexibility index (Phi) is 3.96. The number of nitrogens with one attached hydrogen (secondary N) is 3. The van der Waals surface area contributed by atoms with E-state index in [-0.39, 0.29) is 12.1 Å². The maximum atomic E-state index is 12.7. The van der Waals surface area contributed by atoms with Crippen LogP contribution in [0.4, 0.5) is 5.82 Å². The molecule has 0 saturated carbocycles. The monoisotopic (exact) mass is 333 g/mol. The fourth-order valence-corrected chi connectivity index (χ4v) is 2.91. The number of carbonyl (C=O) groups excluding carboxylic acids is 1. The van der Waals surface area contributed by atoms with Gasteiger partial charge >= 0.3 is 0 Å². The molecule has 124 valence electrons. The predicted octanol–water partition coefficient (Wildman–Crippen LogP) is 0.998. The van der Waals surface area contributed by atoms with Crippen LogP contribution in [0.5, 0.6) is 0 Å². The molecule has 1 atom stereocenters. The van der Waals surface area contributed by atoms with Crippen LogP contribution in [0.1, 0.15) is 5.56 Å². The van der Waals surface area contributed by atoms with Gasteiger partial charge in [0.05, 0.1) is 5.70 Å². The van der Waals surface area contributed by atoms with Gasteiger partial charge in [-0.05, 0) is 24.3 Å². The van der Waals surface area contributed by atoms with Gasteiger partial charge in [-0.25, -0.2) is 15.0 Å². The number of aromatic amines is 1. The van der Waals surface area contributed by atoms with Crippen molar-refractivity contribution in [2.24, 2.45) is 0 Å². The summed E-state index contributed by atoms with van der Waals surface area (Å²) in [4.78, 5) is 25.7. The number of rotatable bonds is 4. The zero-order valence-electron chi connectivity index (χ0n) is 13.4. The number of aromatic nitrogens is 3. The first-order chi connectivity index (χ1) is 12.3. The Balaban J connectivity index is 1.56. The van der Waals surface area contributed by atoms with Gasteiger partial charge in [-0.1, -0.05) is 6.08 Å². The second-order valence-electron chi connectivity index (χ2n) is 5.69. The number of anilines is 1. The standard InChI is InChI=1S/C18H16N6O/c25-18(22-15-6-8-20-12-21-15)17-14-5-1-2-9-24(14)16(23-17)10-13-4-3-7-19-11-13/h1-9,11-12,16,23H,10H2,(H,20,21,22,25)/p+1. The highest BCUT2D eigenvalue weighted by molar-refractivity contribution is 6.04. The molecule has 25 heavy (non-hydrogen) atoms. The van der Waals surface area contributed by atoms with Crippen LogP contribution in [-0.4, -0.2) is 26.9 Å². The topological polar surface area (TPSA) is 84.3 Å². The Bertz CT molecular complexity index is 860. The molecule has 7 heteroatoms. The second-order valence-corrected chi connectivity index (χ2v) is 5.69. The van der Waals surface area contributed by atoms with Gasteiger partial charge in [-0.15, -0.1) is 0 Å². The van der Waals surface area contributed by atoms with Crippen LogP contribution in [0.25, 0.3) is 0 Å². The zero-order valence-corrected chi connectivity index (χ0v) is 13.4. The third-order valence-corrected chi connectivity index (χ3v) is 4.04. The number of hydrogen-bond acceptors (Lipinski definition) is 5. The third kappa shape index (κ3) is 3.12. The van der Waals surface area contributed by atoms with Gasteiger partial charge in [0.25, 0.3) is 5.91 Å². The molecule has 1 unspecified atom stereocenters. The Morgan fingerprint density at radius 3 is 3.12 bits per heavy atom. The van der Waals surface area contributed by atoms with Crippen molar-refractivity contribution in [3.63, 3.8) is 0 Å². The Hall–Kier alpha value is -3.48. The van der Waals surface area contributed by atoms with Gasteiger partial charge in [-0.3, -0.25) is 4.79 Å². The number of amides is 1. The molecule has 4 rings (SSSR count). The second kappa shape index (κ2) is 6.56. The Morgan fingerprint density at radius 1 is 1.36 bits per heavy atom. The lowest BCUT2D eigenvalue weighted by Crippen LogP contribution is -2.38. The number of nitrogens with zero attached hydrogens (tertiary/aromatic N) is 3. The highest BCUT2D eigenvalue weighted by Crippen LogP contribution is 2.27. The van der Waals surface area contributed by atoms with E-state index >= 15 is 0 Å². The first-order valence-electron chi connectivity index (χ1n) is 7.97. The van der Waals surface area contributed by atoms with Crippen LogP contribution in [-0.2, 0) is 11.2 Å². The van der Waals surface area contributed by atoms with Crippen molar-refractivity contribution >= 4 is 11.7 Å². The van der Waals surface area contributed by atoms with Gasteiger partial charge in [0, 0.05) is 30.4 Å². The SMILES string of the molecule is O=C(Nc1ccncn1)C1=C2C=CC=CN2C(Cc2ccc[nH+]c2)N1. The summed E-state index contributed by atoms with van der Waals surface area (Å²) in [7, 11) is 0. The van der Waals surface area contributed by atoms with E-state index in [2.05, 4.69) is 36.6 Å². The van der Waals surface area contributed by atoms with Crippen molar-refractivity contribution < 1.29 is 9.78 Å². The predicted molar refractivity (Wildman–Crippen MR) is 91.4 cm³/mol. The highest BCUT2D eigenvalue weighted by atomic mass is 16.2. The maximum Gasteiger partial charge on any atom is 0.275 e. The molecule has 4 heterocycles. The number of H-pyrrole nitrogens is 1. The van der Waals surface area contributed by atoms with E-state index in [1.54, 1.807) is 12.3 Å². The quantitative estimate of drug-likeness (QED) is 0.872. The van der Waals surface area contributed by atoms with Crippen LogP contribution >= 0.6 is 0 Å². The van der Waals surface area contributed by atoms with Crippen molar-refractivity contribution in [2.75, 3.05) is 5.32 Å². The van der Waals surface area contributed by atoms with Gasteiger partial charge in [-0.2, -0.15) is 0 Å². The fraction of sp³-hybridized carbons (Fsp3) is 0.111. The average molecular weight is 333 g/mol. The fourth-order valence-electron chi connectivity index (χ4n) is 2.91. The molecule has 1 amide bonds. The average Bonchev–Trinajstić information content (AvgIpc) is 3.02. The largest absolute Gasteiger partial charge is 0.358 e. The molecule has 0 aliphatic carbocycles. The minimum Gasteiger partial charge on any atom is -0.358 e. The number of allylic oxidation sites excluding steroid dienone is 3. The number of hydrogen-bond donors (Lipinski definition) is 2. The lowest BCUT2D eigenvalue weighted by atomic mass is 10.1. The van der Waals surface area contributed by atoms with Gasteiger partial charge in [0.1, 0.15) is 24.0 Å². The molecule has 7 nitrogen and oxygen atoms in total.